The number of aliphatic hydroxyl groups is 1. The van der Waals surface area contributed by atoms with Gasteiger partial charge in [0.25, 0.3) is 5.91 Å². The maximum absolute atomic E-state index is 14.6. The van der Waals surface area contributed by atoms with E-state index in [9.17, 15) is 18.7 Å². The second-order valence-corrected chi connectivity index (χ2v) is 9.03. The lowest BCUT2D eigenvalue weighted by Gasteiger charge is -2.23. The first-order valence-corrected chi connectivity index (χ1v) is 10.5. The third-order valence-corrected chi connectivity index (χ3v) is 5.84. The van der Waals surface area contributed by atoms with Gasteiger partial charge in [-0.3, -0.25) is 4.79 Å². The molecule has 1 saturated carbocycles. The number of rotatable bonds is 6. The van der Waals surface area contributed by atoms with Crippen molar-refractivity contribution >= 4 is 67.4 Å². The van der Waals surface area contributed by atoms with Gasteiger partial charge < -0.3 is 10.4 Å². The van der Waals surface area contributed by atoms with Crippen LogP contribution in [0.5, 0.6) is 0 Å². The lowest BCUT2D eigenvalue weighted by atomic mass is 10.1. The summed E-state index contributed by atoms with van der Waals surface area (Å²) in [5.74, 6) is -4.91. The van der Waals surface area contributed by atoms with E-state index in [0.29, 0.717) is 5.69 Å². The second-order valence-electron chi connectivity index (χ2n) is 6.52. The zero-order valence-corrected chi connectivity index (χ0v) is 19.0. The number of anilines is 2. The van der Waals surface area contributed by atoms with Gasteiger partial charge in [0.2, 0.25) is 0 Å². The van der Waals surface area contributed by atoms with Gasteiger partial charge >= 0.3 is 0 Å². The highest BCUT2D eigenvalue weighted by molar-refractivity contribution is 14.1. The predicted molar refractivity (Wildman–Crippen MR) is 113 cm³/mol. The molecule has 5 nitrogen and oxygen atoms in total. The molecule has 150 valence electrons. The molecule has 3 N–H and O–H groups in total. The lowest BCUT2D eigenvalue weighted by molar-refractivity contribution is -0.230. The Kier molecular flexibility index (Phi) is 6.50. The normalized spacial score (nSPS) is 15.8. The summed E-state index contributed by atoms with van der Waals surface area (Å²) in [5, 5.41) is 13.1. The monoisotopic (exact) mass is 586 g/mol. The van der Waals surface area contributed by atoms with Crippen molar-refractivity contribution in [2.75, 3.05) is 5.32 Å². The Labute approximate surface area is 187 Å². The van der Waals surface area contributed by atoms with Crippen LogP contribution in [0.1, 0.15) is 30.1 Å². The first-order valence-electron chi connectivity index (χ1n) is 8.20. The molecule has 0 radical (unpaired) electrons. The smallest absolute Gasteiger partial charge is 0.277 e. The Morgan fingerprint density at radius 3 is 2.64 bits per heavy atom. The number of carbonyl (C=O) groups is 1. The maximum atomic E-state index is 14.6. The van der Waals surface area contributed by atoms with Gasteiger partial charge in [-0.1, -0.05) is 11.6 Å². The minimum absolute atomic E-state index is 0.0901. The van der Waals surface area contributed by atoms with E-state index in [1.165, 1.54) is 6.92 Å². The van der Waals surface area contributed by atoms with Gasteiger partial charge in [0.05, 0.1) is 26.4 Å². The van der Waals surface area contributed by atoms with E-state index in [1.54, 1.807) is 18.2 Å². The average molecular weight is 588 g/mol. The zero-order valence-electron chi connectivity index (χ0n) is 14.5. The molecular formula is C18H15BrClF2IN2O3. The number of nitrogens with one attached hydrogen (secondary N) is 2. The fourth-order valence-electron chi connectivity index (χ4n) is 2.53. The maximum Gasteiger partial charge on any atom is 0.277 e. The molecule has 1 fully saturated rings. The van der Waals surface area contributed by atoms with Crippen molar-refractivity contribution < 1.29 is 23.5 Å². The molecule has 0 spiro atoms. The number of benzene rings is 2. The van der Waals surface area contributed by atoms with Crippen LogP contribution < -0.4 is 10.8 Å². The van der Waals surface area contributed by atoms with E-state index in [0.717, 1.165) is 22.5 Å². The number of carbonyl (C=O) groups excluding carboxylic acids is 1. The van der Waals surface area contributed by atoms with Gasteiger partial charge in [0.15, 0.2) is 17.4 Å². The Balaban J connectivity index is 1.92. The summed E-state index contributed by atoms with van der Waals surface area (Å²) in [5.41, 5.74) is 1.77. The zero-order chi connectivity index (χ0) is 20.6. The molecule has 1 atom stereocenters. The fraction of sp³-hybridized carbons (Fsp3) is 0.278. The van der Waals surface area contributed by atoms with E-state index in [-0.39, 0.29) is 21.0 Å². The number of hydrogen-bond donors (Lipinski definition) is 3. The lowest BCUT2D eigenvalue weighted by Crippen LogP contribution is -2.40. The van der Waals surface area contributed by atoms with Crippen LogP contribution in [0.3, 0.4) is 0 Å². The average Bonchev–Trinajstić information content (AvgIpc) is 3.47. The first kappa shape index (κ1) is 21.7. The van der Waals surface area contributed by atoms with Crippen LogP contribution >= 0.6 is 50.1 Å². The predicted octanol–water partition coefficient (Wildman–Crippen LogP) is 5.51. The largest absolute Gasteiger partial charge is 0.364 e. The van der Waals surface area contributed by atoms with E-state index < -0.39 is 29.0 Å². The number of hydrogen-bond acceptors (Lipinski definition) is 4. The van der Waals surface area contributed by atoms with Gasteiger partial charge in [0, 0.05) is 9.49 Å². The molecule has 2 aromatic carbocycles. The van der Waals surface area contributed by atoms with Crippen molar-refractivity contribution in [3.63, 3.8) is 0 Å². The van der Waals surface area contributed by atoms with Crippen LogP contribution in [0.2, 0.25) is 5.02 Å². The summed E-state index contributed by atoms with van der Waals surface area (Å²) >= 11 is 11.1. The Hall–Kier alpha value is -1.01. The summed E-state index contributed by atoms with van der Waals surface area (Å²) in [7, 11) is 0. The Bertz CT molecular complexity index is 942. The number of amides is 1. The molecule has 28 heavy (non-hydrogen) atoms. The van der Waals surface area contributed by atoms with Gasteiger partial charge in [0.1, 0.15) is 0 Å². The molecule has 1 amide bonds. The van der Waals surface area contributed by atoms with Gasteiger partial charge in [-0.15, -0.1) is 0 Å². The van der Waals surface area contributed by atoms with Crippen LogP contribution in [0.15, 0.2) is 28.7 Å². The van der Waals surface area contributed by atoms with E-state index in [4.69, 9.17) is 16.4 Å². The highest BCUT2D eigenvalue weighted by Gasteiger charge is 2.42. The quantitative estimate of drug-likeness (QED) is 0.181. The second kappa shape index (κ2) is 8.39. The van der Waals surface area contributed by atoms with Crippen molar-refractivity contribution in [2.45, 2.75) is 25.6 Å². The van der Waals surface area contributed by atoms with Crippen LogP contribution in [0, 0.1) is 21.1 Å². The summed E-state index contributed by atoms with van der Waals surface area (Å²) in [6, 6.07) is 6.05. The van der Waals surface area contributed by atoms with Crippen molar-refractivity contribution in [3.8, 4) is 0 Å². The third kappa shape index (κ3) is 4.76. The Morgan fingerprint density at radius 1 is 1.36 bits per heavy atom. The highest BCUT2D eigenvalue weighted by atomic mass is 127. The minimum Gasteiger partial charge on any atom is -0.364 e. The van der Waals surface area contributed by atoms with E-state index in [1.807, 2.05) is 0 Å². The SMILES string of the molecule is CC(O)(ONC(=O)c1cc(Br)c(F)c(F)c1Nc1ccc(I)cc1Cl)C1CC1. The molecule has 0 heterocycles. The minimum atomic E-state index is -1.54. The molecule has 3 rings (SSSR count). The summed E-state index contributed by atoms with van der Waals surface area (Å²) in [6.45, 7) is 1.43. The van der Waals surface area contributed by atoms with Gasteiger partial charge in [-0.2, -0.15) is 0 Å². The Morgan fingerprint density at radius 2 is 2.04 bits per heavy atom. The van der Waals surface area contributed by atoms with Crippen LogP contribution in [-0.4, -0.2) is 16.8 Å². The summed E-state index contributed by atoms with van der Waals surface area (Å²) in [4.78, 5) is 17.7. The summed E-state index contributed by atoms with van der Waals surface area (Å²) in [6.07, 6.45) is 1.55. The molecule has 10 heteroatoms. The number of hydroxylamine groups is 1. The summed E-state index contributed by atoms with van der Waals surface area (Å²) < 4.78 is 29.3. The van der Waals surface area contributed by atoms with Crippen LogP contribution in [0.4, 0.5) is 20.2 Å². The van der Waals surface area contributed by atoms with E-state index >= 15 is 0 Å². The van der Waals surface area contributed by atoms with Gasteiger partial charge in [-0.05, 0) is 82.6 Å². The van der Waals surface area contributed by atoms with Crippen molar-refractivity contribution in [3.05, 3.63) is 54.5 Å². The molecule has 1 aliphatic carbocycles. The topological polar surface area (TPSA) is 70.6 Å². The van der Waals surface area contributed by atoms with Crippen molar-refractivity contribution in [1.29, 1.82) is 0 Å². The molecular weight excluding hydrogens is 572 g/mol. The number of halogens is 5. The molecule has 0 aromatic heterocycles. The third-order valence-electron chi connectivity index (χ3n) is 4.28. The molecule has 0 aliphatic heterocycles. The standard InChI is InChI=1S/C18H15BrClF2IN2O3/c1-18(27,8-2-3-8)28-25-17(26)10-7-11(19)14(21)15(22)16(10)24-13-5-4-9(23)6-12(13)20/h4-8,24,27H,2-3H2,1H3,(H,25,26). The molecule has 0 saturated heterocycles. The van der Waals surface area contributed by atoms with Crippen LogP contribution in [0.25, 0.3) is 0 Å². The van der Waals surface area contributed by atoms with Crippen molar-refractivity contribution in [1.82, 2.24) is 5.48 Å². The first-order chi connectivity index (χ1) is 13.1. The highest BCUT2D eigenvalue weighted by Crippen LogP contribution is 2.40. The van der Waals surface area contributed by atoms with E-state index in [2.05, 4.69) is 49.3 Å². The fourth-order valence-corrected chi connectivity index (χ4v) is 3.83. The molecule has 1 unspecified atom stereocenters. The van der Waals surface area contributed by atoms with Crippen molar-refractivity contribution in [2.24, 2.45) is 5.92 Å². The van der Waals surface area contributed by atoms with Crippen LogP contribution in [-0.2, 0) is 4.84 Å². The molecule has 1 aliphatic rings. The van der Waals surface area contributed by atoms with Gasteiger partial charge in [-0.25, -0.2) is 19.1 Å². The molecule has 0 bridgehead atoms. The molecule has 2 aromatic rings.